The highest BCUT2D eigenvalue weighted by Crippen LogP contribution is 2.33. The monoisotopic (exact) mass is 309 g/mol. The number of carbonyl (C=O) groups excluding carboxylic acids is 2. The van der Waals surface area contributed by atoms with Crippen LogP contribution >= 0.6 is 22.9 Å². The Balaban J connectivity index is 1.86. The second-order valence-corrected chi connectivity index (χ2v) is 5.99. The molecule has 1 atom stereocenters. The van der Waals surface area contributed by atoms with Gasteiger partial charge in [0.15, 0.2) is 0 Å². The minimum absolute atomic E-state index is 0.183. The summed E-state index contributed by atoms with van der Waals surface area (Å²) < 4.78 is 0.932. The Morgan fingerprint density at radius 2 is 2.40 bits per heavy atom. The minimum atomic E-state index is -0.667. The average molecular weight is 310 g/mol. The Hall–Kier alpha value is -1.66. The van der Waals surface area contributed by atoms with Gasteiger partial charge in [-0.2, -0.15) is 0 Å². The van der Waals surface area contributed by atoms with Crippen molar-refractivity contribution in [1.29, 1.82) is 0 Å². The van der Waals surface area contributed by atoms with E-state index in [1.807, 2.05) is 11.4 Å². The highest BCUT2D eigenvalue weighted by Gasteiger charge is 2.34. The Kier molecular flexibility index (Phi) is 3.35. The molecule has 7 heteroatoms. The van der Waals surface area contributed by atoms with Crippen molar-refractivity contribution in [3.8, 4) is 0 Å². The van der Waals surface area contributed by atoms with E-state index in [-0.39, 0.29) is 11.8 Å². The summed E-state index contributed by atoms with van der Waals surface area (Å²) in [5, 5.41) is 3.51. The van der Waals surface area contributed by atoms with E-state index in [9.17, 15) is 9.59 Å². The van der Waals surface area contributed by atoms with Crippen molar-refractivity contribution in [2.45, 2.75) is 12.8 Å². The molecule has 3 heterocycles. The summed E-state index contributed by atoms with van der Waals surface area (Å²) in [5.74, 6) is -0.371. The van der Waals surface area contributed by atoms with Crippen molar-refractivity contribution in [3.05, 3.63) is 28.4 Å². The van der Waals surface area contributed by atoms with E-state index >= 15 is 0 Å². The van der Waals surface area contributed by atoms with Gasteiger partial charge in [-0.15, -0.1) is 11.3 Å². The van der Waals surface area contributed by atoms with Crippen LogP contribution in [0.4, 0.5) is 4.79 Å². The standard InChI is InChI=1S/C13H12ClN3O2S/c14-11-10-9(1-3-16-11)8(6-20-10)5-7-2-4-17(12(7)18)13(15)19/h1,3,6-7H,2,4-5H2,(H2,15,19). The maximum absolute atomic E-state index is 12.1. The van der Waals surface area contributed by atoms with Crippen LogP contribution < -0.4 is 5.73 Å². The number of nitrogens with zero attached hydrogens (tertiary/aromatic N) is 2. The second-order valence-electron chi connectivity index (χ2n) is 4.76. The molecular formula is C13H12ClN3O2S. The van der Waals surface area contributed by atoms with Crippen LogP contribution in [0.5, 0.6) is 0 Å². The Bertz CT molecular complexity index is 700. The number of rotatable bonds is 2. The van der Waals surface area contributed by atoms with Gasteiger partial charge in [0, 0.05) is 24.0 Å². The molecule has 2 aromatic heterocycles. The molecule has 0 bridgehead atoms. The second kappa shape index (κ2) is 5.03. The minimum Gasteiger partial charge on any atom is -0.351 e. The number of carbonyl (C=O) groups is 2. The smallest absolute Gasteiger partial charge is 0.321 e. The molecule has 5 nitrogen and oxygen atoms in total. The summed E-state index contributed by atoms with van der Waals surface area (Å²) >= 11 is 7.56. The number of halogens is 1. The predicted octanol–water partition coefficient (Wildman–Crippen LogP) is 2.42. The largest absolute Gasteiger partial charge is 0.351 e. The lowest BCUT2D eigenvalue weighted by molar-refractivity contribution is -0.128. The first kappa shape index (κ1) is 13.3. The number of likely N-dealkylation sites (tertiary alicyclic amines) is 1. The summed E-state index contributed by atoms with van der Waals surface area (Å²) in [4.78, 5) is 28.3. The lowest BCUT2D eigenvalue weighted by Crippen LogP contribution is -2.38. The van der Waals surface area contributed by atoms with E-state index in [0.717, 1.165) is 20.5 Å². The summed E-state index contributed by atoms with van der Waals surface area (Å²) in [7, 11) is 0. The highest BCUT2D eigenvalue weighted by molar-refractivity contribution is 7.18. The third kappa shape index (κ3) is 2.14. The summed E-state index contributed by atoms with van der Waals surface area (Å²) in [6.07, 6.45) is 2.91. The van der Waals surface area contributed by atoms with Gasteiger partial charge in [-0.05, 0) is 29.9 Å². The predicted molar refractivity (Wildman–Crippen MR) is 77.7 cm³/mol. The summed E-state index contributed by atoms with van der Waals surface area (Å²) in [5.41, 5.74) is 6.25. The number of hydrogen-bond acceptors (Lipinski definition) is 4. The Morgan fingerprint density at radius 1 is 1.60 bits per heavy atom. The molecule has 2 N–H and O–H groups in total. The number of nitrogens with two attached hydrogens (primary N) is 1. The SMILES string of the molecule is NC(=O)N1CCC(Cc2csc3c(Cl)nccc23)C1=O. The number of urea groups is 1. The molecule has 3 amide bonds. The highest BCUT2D eigenvalue weighted by atomic mass is 35.5. The van der Waals surface area contributed by atoms with Crippen LogP contribution in [0.25, 0.3) is 10.1 Å². The van der Waals surface area contributed by atoms with E-state index in [4.69, 9.17) is 17.3 Å². The van der Waals surface area contributed by atoms with Crippen molar-refractivity contribution in [1.82, 2.24) is 9.88 Å². The fourth-order valence-corrected chi connectivity index (χ4v) is 3.80. The summed E-state index contributed by atoms with van der Waals surface area (Å²) in [6, 6.07) is 1.23. The van der Waals surface area contributed by atoms with Crippen LogP contribution in [0.1, 0.15) is 12.0 Å². The molecule has 1 aliphatic heterocycles. The molecule has 20 heavy (non-hydrogen) atoms. The van der Waals surface area contributed by atoms with Gasteiger partial charge in [0.1, 0.15) is 5.15 Å². The molecular weight excluding hydrogens is 298 g/mol. The van der Waals surface area contributed by atoms with Gasteiger partial charge in [-0.1, -0.05) is 11.6 Å². The lowest BCUT2D eigenvalue weighted by Gasteiger charge is -2.11. The van der Waals surface area contributed by atoms with Crippen molar-refractivity contribution < 1.29 is 9.59 Å². The molecule has 0 aliphatic carbocycles. The zero-order chi connectivity index (χ0) is 14.3. The van der Waals surface area contributed by atoms with Gasteiger partial charge >= 0.3 is 6.03 Å². The third-order valence-electron chi connectivity index (χ3n) is 3.57. The number of hydrogen-bond donors (Lipinski definition) is 1. The molecule has 0 aromatic carbocycles. The van der Waals surface area contributed by atoms with Gasteiger partial charge in [-0.25, -0.2) is 9.78 Å². The van der Waals surface area contributed by atoms with Crippen LogP contribution in [0.3, 0.4) is 0 Å². The molecule has 1 unspecified atom stereocenters. The first-order valence-electron chi connectivity index (χ1n) is 6.19. The Labute approximate surface area is 124 Å². The van der Waals surface area contributed by atoms with Gasteiger partial charge in [0.25, 0.3) is 0 Å². The van der Waals surface area contributed by atoms with E-state index in [0.29, 0.717) is 24.5 Å². The number of thiophene rings is 1. The molecule has 1 aliphatic rings. The topological polar surface area (TPSA) is 76.3 Å². The number of fused-ring (bicyclic) bond motifs is 1. The summed E-state index contributed by atoms with van der Waals surface area (Å²) in [6.45, 7) is 0.406. The zero-order valence-corrected chi connectivity index (χ0v) is 12.1. The van der Waals surface area contributed by atoms with E-state index < -0.39 is 6.03 Å². The van der Waals surface area contributed by atoms with Crippen molar-refractivity contribution >= 4 is 45.0 Å². The van der Waals surface area contributed by atoms with Crippen molar-refractivity contribution in [2.75, 3.05) is 6.54 Å². The number of pyridine rings is 1. The van der Waals surface area contributed by atoms with Crippen LogP contribution in [-0.2, 0) is 11.2 Å². The van der Waals surface area contributed by atoms with Crippen LogP contribution in [0.15, 0.2) is 17.6 Å². The average Bonchev–Trinajstić information content (AvgIpc) is 2.97. The maximum Gasteiger partial charge on any atom is 0.321 e. The molecule has 0 saturated carbocycles. The normalized spacial score (nSPS) is 18.9. The fraction of sp³-hybridized carbons (Fsp3) is 0.308. The molecule has 0 spiro atoms. The van der Waals surface area contributed by atoms with Crippen molar-refractivity contribution in [3.63, 3.8) is 0 Å². The van der Waals surface area contributed by atoms with Gasteiger partial charge < -0.3 is 5.73 Å². The maximum atomic E-state index is 12.1. The number of aromatic nitrogens is 1. The first-order chi connectivity index (χ1) is 9.58. The van der Waals surface area contributed by atoms with E-state index in [1.165, 1.54) is 11.3 Å². The number of amides is 3. The van der Waals surface area contributed by atoms with E-state index in [2.05, 4.69) is 4.98 Å². The van der Waals surface area contributed by atoms with Crippen molar-refractivity contribution in [2.24, 2.45) is 11.7 Å². The van der Waals surface area contributed by atoms with Crippen LogP contribution in [-0.4, -0.2) is 28.4 Å². The zero-order valence-electron chi connectivity index (χ0n) is 10.5. The molecule has 104 valence electrons. The molecule has 1 saturated heterocycles. The number of imide groups is 1. The van der Waals surface area contributed by atoms with Crippen LogP contribution in [0, 0.1) is 5.92 Å². The molecule has 0 radical (unpaired) electrons. The first-order valence-corrected chi connectivity index (χ1v) is 7.45. The van der Waals surface area contributed by atoms with Crippen LogP contribution in [0.2, 0.25) is 5.15 Å². The molecule has 2 aromatic rings. The van der Waals surface area contributed by atoms with Gasteiger partial charge in [0.05, 0.1) is 4.70 Å². The fourth-order valence-electron chi connectivity index (χ4n) is 2.55. The molecule has 3 rings (SSSR count). The van der Waals surface area contributed by atoms with Gasteiger partial charge in [-0.3, -0.25) is 9.69 Å². The van der Waals surface area contributed by atoms with E-state index in [1.54, 1.807) is 6.20 Å². The lowest BCUT2D eigenvalue weighted by atomic mass is 9.98. The molecule has 1 fully saturated rings. The Morgan fingerprint density at radius 3 is 3.10 bits per heavy atom. The van der Waals surface area contributed by atoms with Gasteiger partial charge in [0.2, 0.25) is 5.91 Å². The number of primary amides is 1. The third-order valence-corrected chi connectivity index (χ3v) is 5.02. The quantitative estimate of drug-likeness (QED) is 0.866.